The molecule has 0 aliphatic heterocycles. The van der Waals surface area contributed by atoms with Crippen LogP contribution in [0.3, 0.4) is 0 Å². The van der Waals surface area contributed by atoms with Crippen LogP contribution in [0.4, 0.5) is 0 Å². The van der Waals surface area contributed by atoms with Gasteiger partial charge in [-0.1, -0.05) is 37.3 Å². The molecule has 0 radical (unpaired) electrons. The zero-order valence-electron chi connectivity index (χ0n) is 13.0. The summed E-state index contributed by atoms with van der Waals surface area (Å²) in [5.41, 5.74) is 5.23. The van der Waals surface area contributed by atoms with Crippen molar-refractivity contribution >= 4 is 38.5 Å². The van der Waals surface area contributed by atoms with Gasteiger partial charge in [-0.05, 0) is 56.0 Å². The molecule has 0 aliphatic carbocycles. The summed E-state index contributed by atoms with van der Waals surface area (Å²) in [4.78, 5) is 4.43. The number of hydrogen-bond donors (Lipinski definition) is 0. The van der Waals surface area contributed by atoms with Crippen molar-refractivity contribution in [2.75, 3.05) is 0 Å². The number of rotatable bonds is 1. The Hall–Kier alpha value is -1.19. The van der Waals surface area contributed by atoms with Gasteiger partial charge in [-0.2, -0.15) is 0 Å². The largest absolute Gasteiger partial charge is 0.242 e. The van der Waals surface area contributed by atoms with E-state index in [0.29, 0.717) is 0 Å². The normalized spacial score (nSPS) is 9.71. The fourth-order valence-electron chi connectivity index (χ4n) is 2.01. The second kappa shape index (κ2) is 8.30. The molecule has 2 aromatic carbocycles. The lowest BCUT2D eigenvalue weighted by Crippen LogP contribution is -1.79. The summed E-state index contributed by atoms with van der Waals surface area (Å²) in [5, 5.41) is 1.15. The van der Waals surface area contributed by atoms with Gasteiger partial charge in [0, 0.05) is 0 Å². The third kappa shape index (κ3) is 4.94. The molecule has 0 saturated carbocycles. The molecule has 112 valence electrons. The summed E-state index contributed by atoms with van der Waals surface area (Å²) in [7, 11) is 0. The molecule has 0 spiro atoms. The summed E-state index contributed by atoms with van der Waals surface area (Å²) < 4.78 is 1.30. The fourth-order valence-corrected chi connectivity index (χ4v) is 2.92. The lowest BCUT2D eigenvalue weighted by Gasteiger charge is -1.96. The topological polar surface area (TPSA) is 12.9 Å². The van der Waals surface area contributed by atoms with E-state index in [1.165, 1.54) is 21.4 Å². The molecule has 3 heteroatoms. The van der Waals surface area contributed by atoms with Crippen molar-refractivity contribution in [3.63, 3.8) is 0 Å². The first-order chi connectivity index (χ1) is 9.60. The second-order valence-corrected chi connectivity index (χ2v) is 6.21. The van der Waals surface area contributed by atoms with Crippen molar-refractivity contribution in [2.45, 2.75) is 34.1 Å². The zero-order valence-corrected chi connectivity index (χ0v) is 15.5. The Kier molecular flexibility index (Phi) is 7.06. The van der Waals surface area contributed by atoms with E-state index in [2.05, 4.69) is 69.1 Å². The minimum Gasteiger partial charge on any atom is -0.242 e. The number of aryl methyl sites for hydroxylation is 4. The van der Waals surface area contributed by atoms with E-state index in [1.807, 2.05) is 6.07 Å². The smallest absolute Gasteiger partial charge is 0.0907 e. The summed E-state index contributed by atoms with van der Waals surface area (Å²) in [6.45, 7) is 8.48. The lowest BCUT2D eigenvalue weighted by molar-refractivity contribution is 1.14. The summed E-state index contributed by atoms with van der Waals surface area (Å²) in [6.07, 6.45) is 1.14. The Bertz CT molecular complexity index is 650. The first-order valence-corrected chi connectivity index (χ1v) is 7.80. The van der Waals surface area contributed by atoms with Gasteiger partial charge in [-0.3, -0.25) is 0 Å². The lowest BCUT2D eigenvalue weighted by atomic mass is 10.1. The minimum atomic E-state index is 0. The van der Waals surface area contributed by atoms with Crippen molar-refractivity contribution in [1.29, 1.82) is 0 Å². The van der Waals surface area contributed by atoms with E-state index in [1.54, 1.807) is 11.3 Å². The first kappa shape index (κ1) is 17.9. The third-order valence-electron chi connectivity index (χ3n) is 3.36. The fraction of sp³-hybridized carbons (Fsp3) is 0.278. The maximum absolute atomic E-state index is 4.43. The molecule has 0 bridgehead atoms. The predicted octanol–water partition coefficient (Wildman–Crippen LogP) is 6.05. The number of nitrogens with zero attached hydrogens (tertiary/aromatic N) is 1. The minimum absolute atomic E-state index is 0. The molecule has 21 heavy (non-hydrogen) atoms. The highest BCUT2D eigenvalue weighted by atomic mass is 79.9. The zero-order chi connectivity index (χ0) is 14.5. The van der Waals surface area contributed by atoms with E-state index in [-0.39, 0.29) is 17.0 Å². The molecule has 0 fully saturated rings. The van der Waals surface area contributed by atoms with E-state index < -0.39 is 0 Å². The maximum Gasteiger partial charge on any atom is 0.0907 e. The van der Waals surface area contributed by atoms with E-state index in [9.17, 15) is 0 Å². The summed E-state index contributed by atoms with van der Waals surface area (Å²) in [5.74, 6) is 0. The van der Waals surface area contributed by atoms with Crippen molar-refractivity contribution in [1.82, 2.24) is 4.98 Å². The highest BCUT2D eigenvalue weighted by molar-refractivity contribution is 8.93. The van der Waals surface area contributed by atoms with Crippen LogP contribution in [0, 0.1) is 20.8 Å². The quantitative estimate of drug-likeness (QED) is 0.512. The average Bonchev–Trinajstić information content (AvgIpc) is 2.80. The van der Waals surface area contributed by atoms with Crippen molar-refractivity contribution < 1.29 is 0 Å². The van der Waals surface area contributed by atoms with Crippen LogP contribution in [0.25, 0.3) is 10.2 Å². The third-order valence-corrected chi connectivity index (χ3v) is 4.30. The molecule has 0 aliphatic rings. The number of thiazole rings is 1. The van der Waals surface area contributed by atoms with Gasteiger partial charge in [0.2, 0.25) is 0 Å². The Labute approximate surface area is 141 Å². The Morgan fingerprint density at radius 2 is 1.57 bits per heavy atom. The molecule has 0 atom stereocenters. The van der Waals surface area contributed by atoms with Gasteiger partial charge in [0.05, 0.1) is 15.2 Å². The van der Waals surface area contributed by atoms with Gasteiger partial charge in [-0.15, -0.1) is 28.3 Å². The highest BCUT2D eigenvalue weighted by Crippen LogP contribution is 2.24. The van der Waals surface area contributed by atoms with E-state index in [0.717, 1.165) is 16.9 Å². The summed E-state index contributed by atoms with van der Waals surface area (Å²) in [6, 6.07) is 14.8. The van der Waals surface area contributed by atoms with E-state index >= 15 is 0 Å². The predicted molar refractivity (Wildman–Crippen MR) is 100.0 cm³/mol. The van der Waals surface area contributed by atoms with Gasteiger partial charge in [0.15, 0.2) is 0 Å². The van der Waals surface area contributed by atoms with Crippen LogP contribution in [0.5, 0.6) is 0 Å². The van der Waals surface area contributed by atoms with Crippen LogP contribution >= 0.6 is 28.3 Å². The van der Waals surface area contributed by atoms with E-state index in [4.69, 9.17) is 0 Å². The number of aromatic nitrogens is 1. The first-order valence-electron chi connectivity index (χ1n) is 6.98. The molecule has 0 saturated heterocycles. The van der Waals surface area contributed by atoms with Crippen LogP contribution < -0.4 is 0 Å². The Morgan fingerprint density at radius 3 is 2.14 bits per heavy atom. The van der Waals surface area contributed by atoms with Crippen LogP contribution in [0.2, 0.25) is 0 Å². The van der Waals surface area contributed by atoms with Crippen LogP contribution in [0.1, 0.15) is 28.6 Å². The van der Waals surface area contributed by atoms with Gasteiger partial charge in [0.25, 0.3) is 0 Å². The van der Waals surface area contributed by atoms with Crippen LogP contribution in [-0.2, 0) is 6.42 Å². The standard InChI is InChI=1S/C10H11NS.C8H10.BrH/c1-6-4-9-10(5-7(6)2)12-8(3)11-9;1-2-8-6-4-3-5-7-8;/h4-5H,1-3H3;3-7H,2H2,1H3;1H. The van der Waals surface area contributed by atoms with Gasteiger partial charge < -0.3 is 0 Å². The molecule has 3 aromatic rings. The van der Waals surface area contributed by atoms with Crippen LogP contribution in [-0.4, -0.2) is 4.98 Å². The number of benzene rings is 2. The van der Waals surface area contributed by atoms with Crippen molar-refractivity contribution in [3.8, 4) is 0 Å². The monoisotopic (exact) mass is 363 g/mol. The molecule has 0 N–H and O–H groups in total. The number of hydrogen-bond acceptors (Lipinski definition) is 2. The SMILES string of the molecule is Br.CCc1ccccc1.Cc1nc2cc(C)c(C)cc2s1. The molecular formula is C18H22BrNS. The molecular weight excluding hydrogens is 342 g/mol. The molecule has 1 aromatic heterocycles. The van der Waals surface area contributed by atoms with Gasteiger partial charge >= 0.3 is 0 Å². The van der Waals surface area contributed by atoms with Crippen molar-refractivity contribution in [2.24, 2.45) is 0 Å². The number of fused-ring (bicyclic) bond motifs is 1. The highest BCUT2D eigenvalue weighted by Gasteiger charge is 2.01. The summed E-state index contributed by atoms with van der Waals surface area (Å²) >= 11 is 1.76. The van der Waals surface area contributed by atoms with Crippen LogP contribution in [0.15, 0.2) is 42.5 Å². The molecule has 0 unspecified atom stereocenters. The molecule has 1 heterocycles. The van der Waals surface area contributed by atoms with Crippen molar-refractivity contribution in [3.05, 3.63) is 64.2 Å². The Balaban J connectivity index is 0.000000216. The van der Waals surface area contributed by atoms with Gasteiger partial charge in [0.1, 0.15) is 0 Å². The molecule has 3 rings (SSSR count). The maximum atomic E-state index is 4.43. The number of halogens is 1. The van der Waals surface area contributed by atoms with Gasteiger partial charge in [-0.25, -0.2) is 4.98 Å². The average molecular weight is 364 g/mol. The Morgan fingerprint density at radius 1 is 0.952 bits per heavy atom. The second-order valence-electron chi connectivity index (χ2n) is 4.98. The molecule has 1 nitrogen and oxygen atoms in total. The molecule has 0 amide bonds.